The van der Waals surface area contributed by atoms with E-state index in [1.54, 1.807) is 0 Å². The summed E-state index contributed by atoms with van der Waals surface area (Å²) >= 11 is 0. The Balaban J connectivity index is 2.43. The van der Waals surface area contributed by atoms with Gasteiger partial charge in [0.15, 0.2) is 6.10 Å². The first-order chi connectivity index (χ1) is 28.0. The van der Waals surface area contributed by atoms with Crippen LogP contribution in [0.25, 0.3) is 0 Å². The van der Waals surface area contributed by atoms with Crippen LogP contribution in [0.1, 0.15) is 200 Å². The maximum atomic E-state index is 12.8. The number of esters is 1. The molecule has 0 amide bonds. The molecule has 1 aliphatic carbocycles. The molecule has 6 N–H and O–H groups in total. The molecule has 0 radical (unpaired) electrons. The van der Waals surface area contributed by atoms with Crippen molar-refractivity contribution in [1.82, 2.24) is 0 Å². The fourth-order valence-corrected chi connectivity index (χ4v) is 8.11. The van der Waals surface area contributed by atoms with Crippen molar-refractivity contribution in [2.75, 3.05) is 13.2 Å². The van der Waals surface area contributed by atoms with Crippen LogP contribution in [0.2, 0.25) is 0 Å². The Morgan fingerprint density at radius 3 is 1.36 bits per heavy atom. The fourth-order valence-electron chi connectivity index (χ4n) is 7.14. The van der Waals surface area contributed by atoms with E-state index in [0.29, 0.717) is 6.42 Å². The number of ether oxygens (including phenoxy) is 2. The fraction of sp³-hybridized carbons (Fsp3) is 0.889. The predicted molar refractivity (Wildman–Crippen MR) is 230 cm³/mol. The van der Waals surface area contributed by atoms with Gasteiger partial charge in [-0.05, 0) is 51.0 Å². The minimum Gasteiger partial charge on any atom is -0.498 e. The van der Waals surface area contributed by atoms with E-state index in [1.165, 1.54) is 122 Å². The number of aliphatic hydroxyl groups is 5. The van der Waals surface area contributed by atoms with E-state index < -0.39 is 63.1 Å². The van der Waals surface area contributed by atoms with Gasteiger partial charge in [0.2, 0.25) is 0 Å². The number of carbonyl (C=O) groups is 1. The van der Waals surface area contributed by atoms with Crippen LogP contribution in [0.5, 0.6) is 0 Å². The van der Waals surface area contributed by atoms with Gasteiger partial charge in [-0.1, -0.05) is 161 Å². The molecule has 0 heterocycles. The molecule has 0 spiro atoms. The minimum absolute atomic E-state index is 0.161. The van der Waals surface area contributed by atoms with E-state index in [2.05, 4.69) is 26.0 Å². The van der Waals surface area contributed by atoms with Crippen LogP contribution in [-0.4, -0.2) is 92.3 Å². The van der Waals surface area contributed by atoms with Crippen molar-refractivity contribution in [3.05, 3.63) is 24.5 Å². The zero-order valence-electron chi connectivity index (χ0n) is 36.4. The van der Waals surface area contributed by atoms with Crippen LogP contribution in [0.3, 0.4) is 0 Å². The molecule has 342 valence electrons. The zero-order chi connectivity index (χ0) is 42.7. The average Bonchev–Trinajstić information content (AvgIpc) is 3.21. The second-order valence-corrected chi connectivity index (χ2v) is 17.7. The summed E-state index contributed by atoms with van der Waals surface area (Å²) in [6.07, 6.45) is 29.0. The molecule has 0 aromatic carbocycles. The van der Waals surface area contributed by atoms with Crippen molar-refractivity contribution in [2.45, 2.75) is 243 Å². The van der Waals surface area contributed by atoms with E-state index in [0.717, 1.165) is 57.8 Å². The Bertz CT molecular complexity index is 1060. The van der Waals surface area contributed by atoms with Gasteiger partial charge in [0.05, 0.1) is 12.9 Å². The number of hydrogen-bond acceptors (Lipinski definition) is 11. The molecule has 1 fully saturated rings. The highest BCUT2D eigenvalue weighted by Gasteiger charge is 2.51. The molecular weight excluding hydrogens is 763 g/mol. The highest BCUT2D eigenvalue weighted by molar-refractivity contribution is 7.47. The molecule has 0 bridgehead atoms. The Labute approximate surface area is 351 Å². The number of hydrogen-bond donors (Lipinski definition) is 6. The molecule has 0 aromatic heterocycles. The van der Waals surface area contributed by atoms with Gasteiger partial charge in [-0.2, -0.15) is 0 Å². The Kier molecular flexibility index (Phi) is 34.2. The van der Waals surface area contributed by atoms with Gasteiger partial charge in [-0.15, -0.1) is 0 Å². The van der Waals surface area contributed by atoms with E-state index in [-0.39, 0.29) is 13.0 Å². The number of carbonyl (C=O) groups excluding carboxylic acids is 1. The van der Waals surface area contributed by atoms with Crippen LogP contribution in [0.4, 0.5) is 0 Å². The van der Waals surface area contributed by atoms with Gasteiger partial charge < -0.3 is 39.9 Å². The van der Waals surface area contributed by atoms with E-state index in [4.69, 9.17) is 18.5 Å². The molecule has 1 aliphatic rings. The number of aliphatic hydroxyl groups excluding tert-OH is 5. The van der Waals surface area contributed by atoms with Gasteiger partial charge in [0, 0.05) is 6.42 Å². The summed E-state index contributed by atoms with van der Waals surface area (Å²) in [4.78, 5) is 23.1. The van der Waals surface area contributed by atoms with Crippen molar-refractivity contribution in [3.8, 4) is 0 Å². The summed E-state index contributed by atoms with van der Waals surface area (Å²) in [6, 6.07) is 0. The van der Waals surface area contributed by atoms with Gasteiger partial charge in [0.25, 0.3) is 0 Å². The molecule has 0 saturated heterocycles. The van der Waals surface area contributed by atoms with Gasteiger partial charge in [-0.3, -0.25) is 13.8 Å². The molecule has 1 rings (SSSR count). The van der Waals surface area contributed by atoms with Crippen LogP contribution >= 0.6 is 7.82 Å². The van der Waals surface area contributed by atoms with Gasteiger partial charge in [0.1, 0.15) is 43.2 Å². The molecular formula is C45H85O12P. The standard InChI is InChI=1S/C45H85O12P/c1-3-5-7-9-11-13-15-17-19-21-23-25-27-29-31-33-35-54-36-38(37-55-58(52,53)57-45-43(50)41(48)40(47)42(49)44(45)51)56-39(46)34-32-30-28-26-24-22-20-18-16-14-12-10-8-6-4-2/h18,20,33,35,38,40-45,47-51H,3-17,19,21-32,34,36-37H2,1-2H3,(H,52,53)/b20-18-,35-33-/t38-,40?,41-,42?,43?,44?,45?/m1/s1. The van der Waals surface area contributed by atoms with Crippen molar-refractivity contribution in [1.29, 1.82) is 0 Å². The van der Waals surface area contributed by atoms with Crippen LogP contribution in [0.15, 0.2) is 24.5 Å². The lowest BCUT2D eigenvalue weighted by Crippen LogP contribution is -2.64. The van der Waals surface area contributed by atoms with Crippen molar-refractivity contribution in [3.63, 3.8) is 0 Å². The molecule has 0 aromatic rings. The van der Waals surface area contributed by atoms with Crippen LogP contribution < -0.4 is 0 Å². The zero-order valence-corrected chi connectivity index (χ0v) is 37.2. The smallest absolute Gasteiger partial charge is 0.472 e. The average molecular weight is 849 g/mol. The number of phosphoric ester groups is 1. The summed E-state index contributed by atoms with van der Waals surface area (Å²) in [5.41, 5.74) is 0. The van der Waals surface area contributed by atoms with E-state index in [1.807, 2.05) is 6.08 Å². The molecule has 12 nitrogen and oxygen atoms in total. The molecule has 8 atom stereocenters. The van der Waals surface area contributed by atoms with Crippen LogP contribution in [0, 0.1) is 0 Å². The molecule has 6 unspecified atom stereocenters. The first-order valence-electron chi connectivity index (χ1n) is 23.2. The Morgan fingerprint density at radius 1 is 0.534 bits per heavy atom. The lowest BCUT2D eigenvalue weighted by atomic mass is 9.85. The second-order valence-electron chi connectivity index (χ2n) is 16.3. The van der Waals surface area contributed by atoms with Crippen molar-refractivity contribution in [2.24, 2.45) is 0 Å². The molecule has 1 saturated carbocycles. The first kappa shape index (κ1) is 54.7. The third kappa shape index (κ3) is 28.2. The SMILES string of the molecule is CCCCCCCC/C=C\CCCCCCCC(=O)O[C@H](CO/C=C\CCCCCCCCCCCCCCCC)COP(=O)(O)OC1C(O)C(O)C(O)[C@@H](O)C1O. The Morgan fingerprint density at radius 2 is 0.914 bits per heavy atom. The number of rotatable bonds is 39. The van der Waals surface area contributed by atoms with Crippen LogP contribution in [-0.2, 0) is 27.9 Å². The normalized spacial score (nSPS) is 22.8. The van der Waals surface area contributed by atoms with Gasteiger partial charge in [-0.25, -0.2) is 4.57 Å². The third-order valence-corrected chi connectivity index (χ3v) is 11.9. The summed E-state index contributed by atoms with van der Waals surface area (Å²) in [5, 5.41) is 50.1. The highest BCUT2D eigenvalue weighted by atomic mass is 31.2. The largest absolute Gasteiger partial charge is 0.498 e. The number of unbranched alkanes of at least 4 members (excludes halogenated alkanes) is 25. The minimum atomic E-state index is -5.03. The van der Waals surface area contributed by atoms with E-state index in [9.17, 15) is 39.8 Å². The summed E-state index contributed by atoms with van der Waals surface area (Å²) in [6.45, 7) is 3.72. The lowest BCUT2D eigenvalue weighted by Gasteiger charge is -2.41. The van der Waals surface area contributed by atoms with E-state index >= 15 is 0 Å². The summed E-state index contributed by atoms with van der Waals surface area (Å²) in [7, 11) is -5.03. The Hall–Kier alpha value is -1.34. The lowest BCUT2D eigenvalue weighted by molar-refractivity contribution is -0.220. The summed E-state index contributed by atoms with van der Waals surface area (Å²) < 4.78 is 33.9. The topological polar surface area (TPSA) is 192 Å². The third-order valence-electron chi connectivity index (χ3n) is 10.9. The highest BCUT2D eigenvalue weighted by Crippen LogP contribution is 2.47. The molecule has 58 heavy (non-hydrogen) atoms. The maximum absolute atomic E-state index is 12.8. The van der Waals surface area contributed by atoms with Crippen molar-refractivity contribution >= 4 is 13.8 Å². The second kappa shape index (κ2) is 36.3. The number of phosphoric acid groups is 1. The predicted octanol–water partition coefficient (Wildman–Crippen LogP) is 9.66. The van der Waals surface area contributed by atoms with Gasteiger partial charge >= 0.3 is 13.8 Å². The monoisotopic (exact) mass is 849 g/mol. The first-order valence-corrected chi connectivity index (χ1v) is 24.7. The number of allylic oxidation sites excluding steroid dienone is 3. The van der Waals surface area contributed by atoms with Crippen molar-refractivity contribution < 1.29 is 58.3 Å². The molecule has 0 aliphatic heterocycles. The quantitative estimate of drug-likeness (QED) is 0.0113. The maximum Gasteiger partial charge on any atom is 0.472 e. The summed E-state index contributed by atoms with van der Waals surface area (Å²) in [5.74, 6) is -0.506. The molecule has 13 heteroatoms.